The second-order valence-electron chi connectivity index (χ2n) is 8.22. The zero-order chi connectivity index (χ0) is 24.2. The average Bonchev–Trinajstić information content (AvgIpc) is 3.24. The molecule has 0 fully saturated rings. The van der Waals surface area contributed by atoms with Crippen molar-refractivity contribution in [2.45, 2.75) is 31.1 Å². The van der Waals surface area contributed by atoms with Crippen LogP contribution in [0.1, 0.15) is 29.3 Å². The number of thioether (sulfide) groups is 1. The number of esters is 1. The van der Waals surface area contributed by atoms with E-state index in [1.807, 2.05) is 18.4 Å². The highest BCUT2D eigenvalue weighted by Gasteiger charge is 2.34. The summed E-state index contributed by atoms with van der Waals surface area (Å²) in [6.07, 6.45) is 3.19. The van der Waals surface area contributed by atoms with Gasteiger partial charge in [0.05, 0.1) is 33.5 Å². The van der Waals surface area contributed by atoms with E-state index in [0.717, 1.165) is 27.9 Å². The summed E-state index contributed by atoms with van der Waals surface area (Å²) in [5, 5.41) is 18.7. The molecule has 2 aromatic carbocycles. The van der Waals surface area contributed by atoms with Gasteiger partial charge in [-0.1, -0.05) is 18.2 Å². The molecule has 0 radical (unpaired) electrons. The summed E-state index contributed by atoms with van der Waals surface area (Å²) in [6, 6.07) is 11.1. The van der Waals surface area contributed by atoms with Gasteiger partial charge in [-0.3, -0.25) is 15.4 Å². The number of aromatic amines is 1. The molecule has 34 heavy (non-hydrogen) atoms. The first-order chi connectivity index (χ1) is 16.5. The number of fused-ring (bicyclic) bond motifs is 3. The number of carbonyl (C=O) groups excluding carboxylic acids is 1. The second kappa shape index (κ2) is 10.6. The van der Waals surface area contributed by atoms with Gasteiger partial charge in [-0.05, 0) is 47.8 Å². The maximum atomic E-state index is 12.5. The van der Waals surface area contributed by atoms with E-state index in [0.29, 0.717) is 24.3 Å². The lowest BCUT2D eigenvalue weighted by atomic mass is 9.92. The minimum absolute atomic E-state index is 0.0427. The van der Waals surface area contributed by atoms with Gasteiger partial charge in [-0.2, -0.15) is 11.8 Å². The molecule has 9 heteroatoms. The number of phenolic OH excluding ortho intramolecular Hbond substituents is 1. The van der Waals surface area contributed by atoms with Crippen LogP contribution in [0.2, 0.25) is 0 Å². The Morgan fingerprint density at radius 1 is 1.21 bits per heavy atom. The van der Waals surface area contributed by atoms with Crippen molar-refractivity contribution < 1.29 is 24.1 Å². The normalized spacial score (nSPS) is 18.4. The van der Waals surface area contributed by atoms with Crippen molar-refractivity contribution in [3.8, 4) is 17.2 Å². The molecule has 1 aromatic heterocycles. The summed E-state index contributed by atoms with van der Waals surface area (Å²) < 4.78 is 15.9. The number of methoxy groups -OCH3 is 3. The van der Waals surface area contributed by atoms with Gasteiger partial charge in [-0.15, -0.1) is 0 Å². The van der Waals surface area contributed by atoms with Crippen molar-refractivity contribution in [2.75, 3.05) is 33.3 Å². The fourth-order valence-electron chi connectivity index (χ4n) is 4.58. The number of phenols is 1. The van der Waals surface area contributed by atoms with Crippen molar-refractivity contribution >= 4 is 28.6 Å². The van der Waals surface area contributed by atoms with Gasteiger partial charge in [-0.25, -0.2) is 0 Å². The van der Waals surface area contributed by atoms with Crippen LogP contribution in [0.3, 0.4) is 0 Å². The quantitative estimate of drug-likeness (QED) is 0.342. The first-order valence-corrected chi connectivity index (χ1v) is 12.5. The number of aromatic hydroxyl groups is 1. The Kier molecular flexibility index (Phi) is 7.55. The molecule has 2 heterocycles. The molecule has 1 aliphatic heterocycles. The minimum Gasteiger partial charge on any atom is -0.502 e. The molecule has 0 bridgehead atoms. The molecule has 0 aliphatic carbocycles. The number of ether oxygens (including phenoxy) is 3. The lowest BCUT2D eigenvalue weighted by molar-refractivity contribution is -0.143. The Bertz CT molecular complexity index is 1140. The Hall–Kier alpha value is -2.88. The predicted octanol–water partition coefficient (Wildman–Crippen LogP) is 3.34. The van der Waals surface area contributed by atoms with Crippen LogP contribution in [0.5, 0.6) is 17.2 Å². The summed E-state index contributed by atoms with van der Waals surface area (Å²) in [7, 11) is 4.44. The van der Waals surface area contributed by atoms with Gasteiger partial charge in [0, 0.05) is 23.0 Å². The summed E-state index contributed by atoms with van der Waals surface area (Å²) in [5.41, 5.74) is 4.12. The van der Waals surface area contributed by atoms with Crippen molar-refractivity contribution in [1.29, 1.82) is 0 Å². The van der Waals surface area contributed by atoms with E-state index in [1.165, 1.54) is 26.9 Å². The Balaban J connectivity index is 1.77. The van der Waals surface area contributed by atoms with Gasteiger partial charge in [0.15, 0.2) is 11.5 Å². The van der Waals surface area contributed by atoms with Gasteiger partial charge in [0.1, 0.15) is 6.04 Å². The van der Waals surface area contributed by atoms with Gasteiger partial charge in [0.25, 0.3) is 0 Å². The molecule has 0 saturated carbocycles. The van der Waals surface area contributed by atoms with Gasteiger partial charge < -0.3 is 24.3 Å². The van der Waals surface area contributed by atoms with Crippen LogP contribution in [0.4, 0.5) is 0 Å². The van der Waals surface area contributed by atoms with Crippen LogP contribution in [-0.2, 0) is 16.0 Å². The molecule has 0 unspecified atom stereocenters. The molecule has 0 spiro atoms. The first kappa shape index (κ1) is 24.3. The molecular formula is C25H31N3O5S. The molecule has 8 nitrogen and oxygen atoms in total. The van der Waals surface area contributed by atoms with E-state index in [9.17, 15) is 9.90 Å². The number of nitrogens with one attached hydrogen (secondary N) is 3. The monoisotopic (exact) mass is 485 g/mol. The molecule has 0 saturated heterocycles. The number of hydrogen-bond donors (Lipinski definition) is 4. The number of benzene rings is 2. The lowest BCUT2D eigenvalue weighted by Crippen LogP contribution is -2.54. The molecule has 0 amide bonds. The van der Waals surface area contributed by atoms with Crippen LogP contribution < -0.4 is 20.1 Å². The van der Waals surface area contributed by atoms with Gasteiger partial charge >= 0.3 is 5.97 Å². The molecule has 182 valence electrons. The molecule has 3 atom stereocenters. The number of carbonyl (C=O) groups is 1. The van der Waals surface area contributed by atoms with Crippen molar-refractivity contribution in [1.82, 2.24) is 15.6 Å². The van der Waals surface area contributed by atoms with Crippen LogP contribution in [0.15, 0.2) is 36.4 Å². The third kappa shape index (κ3) is 4.68. The molecular weight excluding hydrogens is 454 g/mol. The van der Waals surface area contributed by atoms with Crippen molar-refractivity contribution in [2.24, 2.45) is 0 Å². The highest BCUT2D eigenvalue weighted by atomic mass is 32.2. The van der Waals surface area contributed by atoms with Crippen LogP contribution in [0.25, 0.3) is 10.9 Å². The summed E-state index contributed by atoms with van der Waals surface area (Å²) in [5.74, 6) is 1.18. The minimum atomic E-state index is -0.425. The zero-order valence-corrected chi connectivity index (χ0v) is 20.6. The highest BCUT2D eigenvalue weighted by molar-refractivity contribution is 7.98. The van der Waals surface area contributed by atoms with E-state index in [4.69, 9.17) is 14.2 Å². The van der Waals surface area contributed by atoms with Gasteiger partial charge in [0.2, 0.25) is 5.75 Å². The van der Waals surface area contributed by atoms with E-state index in [-0.39, 0.29) is 23.9 Å². The average molecular weight is 486 g/mol. The maximum absolute atomic E-state index is 12.5. The van der Waals surface area contributed by atoms with E-state index >= 15 is 0 Å². The van der Waals surface area contributed by atoms with E-state index in [2.05, 4.69) is 27.8 Å². The van der Waals surface area contributed by atoms with E-state index in [1.54, 1.807) is 23.9 Å². The number of hydrogen-bond acceptors (Lipinski definition) is 8. The number of aromatic nitrogens is 1. The largest absolute Gasteiger partial charge is 0.502 e. The maximum Gasteiger partial charge on any atom is 0.322 e. The Morgan fingerprint density at radius 3 is 2.56 bits per heavy atom. The van der Waals surface area contributed by atoms with Crippen LogP contribution in [-0.4, -0.2) is 61.6 Å². The summed E-state index contributed by atoms with van der Waals surface area (Å²) >= 11 is 1.69. The Morgan fingerprint density at radius 2 is 1.91 bits per heavy atom. The van der Waals surface area contributed by atoms with E-state index < -0.39 is 6.04 Å². The third-order valence-electron chi connectivity index (χ3n) is 6.25. The van der Waals surface area contributed by atoms with Crippen LogP contribution in [0, 0.1) is 0 Å². The van der Waals surface area contributed by atoms with Crippen molar-refractivity contribution in [3.05, 3.63) is 53.2 Å². The first-order valence-electron chi connectivity index (χ1n) is 11.1. The topological polar surface area (TPSA) is 105 Å². The Labute approximate surface area is 203 Å². The standard InChI is InChI=1S/C25H31N3O5S/c1-31-19-11-14(12-20(32-2)24(19)29)22-23-16(15-7-5-6-8-17(15)27-23)13-21(28-22)26-18(9-10-34-4)25(30)33-3/h5-8,11-12,18,21-22,26-29H,9-10,13H2,1-4H3/t18-,21+,22-/m1/s1. The molecule has 1 aliphatic rings. The van der Waals surface area contributed by atoms with Crippen LogP contribution >= 0.6 is 11.8 Å². The SMILES string of the molecule is COC(=O)[C@@H](CCSC)N[C@@H]1Cc2c([nH]c3ccccc23)[C@@H](c2cc(OC)c(O)c(OC)c2)N1. The second-order valence-corrected chi connectivity index (χ2v) is 9.20. The number of rotatable bonds is 9. The summed E-state index contributed by atoms with van der Waals surface area (Å²) in [4.78, 5) is 16.0. The molecule has 4 rings (SSSR count). The molecule has 4 N–H and O–H groups in total. The highest BCUT2D eigenvalue weighted by Crippen LogP contribution is 2.42. The van der Waals surface area contributed by atoms with Crippen molar-refractivity contribution in [3.63, 3.8) is 0 Å². The number of H-pyrrole nitrogens is 1. The predicted molar refractivity (Wildman–Crippen MR) is 134 cm³/mol. The summed E-state index contributed by atoms with van der Waals surface area (Å²) in [6.45, 7) is 0. The fourth-order valence-corrected chi connectivity index (χ4v) is 5.05. The zero-order valence-electron chi connectivity index (χ0n) is 19.8. The smallest absolute Gasteiger partial charge is 0.322 e. The third-order valence-corrected chi connectivity index (χ3v) is 6.89. The number of para-hydroxylation sites is 1. The molecule has 3 aromatic rings. The lowest BCUT2D eigenvalue weighted by Gasteiger charge is -2.34. The fraction of sp³-hybridized carbons (Fsp3) is 0.400.